The van der Waals surface area contributed by atoms with Crippen molar-refractivity contribution in [1.29, 1.82) is 0 Å². The number of nitrogens with two attached hydrogens (primary N) is 4. The number of phenols is 1. The third-order valence-electron chi connectivity index (χ3n) is 26.9. The number of rotatable bonds is 7. The first-order valence-corrected chi connectivity index (χ1v) is 54.2. The van der Waals surface area contributed by atoms with Crippen LogP contribution in [0, 0.1) is 58.6 Å². The van der Waals surface area contributed by atoms with Gasteiger partial charge in [-0.25, -0.2) is 14.4 Å². The summed E-state index contributed by atoms with van der Waals surface area (Å²) >= 11 is 10.6. The molecular weight excluding hydrogens is 1940 g/mol. The Kier molecular flexibility index (Phi) is 44.3. The highest BCUT2D eigenvalue weighted by atomic mass is 79.9. The summed E-state index contributed by atoms with van der Waals surface area (Å²) in [6.07, 6.45) is 25.3. The maximum atomic E-state index is 12.3. The highest BCUT2D eigenvalue weighted by Crippen LogP contribution is 2.48. The van der Waals surface area contributed by atoms with Gasteiger partial charge in [-0.05, 0) is 424 Å². The fourth-order valence-electron chi connectivity index (χ4n) is 18.8. The average Bonchev–Trinajstić information content (AvgIpc) is 1.74. The van der Waals surface area contributed by atoms with Crippen molar-refractivity contribution in [2.24, 2.45) is 0 Å². The number of nitro benzene ring substituents is 1. The molecule has 7 aromatic carbocycles. The lowest BCUT2D eigenvalue weighted by Gasteiger charge is -2.36. The lowest BCUT2D eigenvalue weighted by atomic mass is 9.75. The third-order valence-corrected chi connectivity index (χ3v) is 28.0. The molecule has 7 unspecified atom stereocenters. The molecule has 0 aliphatic carbocycles. The molecule has 7 atom stereocenters. The summed E-state index contributed by atoms with van der Waals surface area (Å²) in [5.74, 6) is 5.83. The summed E-state index contributed by atoms with van der Waals surface area (Å²) in [5.41, 5.74) is 46.8. The number of hydrogen-bond acceptors (Lipinski definition) is 24. The minimum absolute atomic E-state index is 0.0684. The largest absolute Gasteiger partial charge is 0.508 e. The summed E-state index contributed by atoms with van der Waals surface area (Å²) < 4.78 is 64.4. The van der Waals surface area contributed by atoms with Gasteiger partial charge in [0.05, 0.1) is 81.6 Å². The normalized spacial score (nSPS) is 19.8. The minimum Gasteiger partial charge on any atom is -0.508 e. The fraction of sp³-hybridized carbons (Fsp3) is 0.574. The topological polar surface area (TPSA) is 350 Å². The number of aliphatic hydroxyl groups excluding tert-OH is 1. The van der Waals surface area contributed by atoms with E-state index in [1.807, 2.05) is 164 Å². The van der Waals surface area contributed by atoms with Crippen molar-refractivity contribution < 1.29 is 81.5 Å². The number of halogens is 1. The highest BCUT2D eigenvalue weighted by Gasteiger charge is 2.53. The van der Waals surface area contributed by atoms with E-state index in [4.69, 9.17) is 80.0 Å². The van der Waals surface area contributed by atoms with Crippen molar-refractivity contribution >= 4 is 101 Å². The van der Waals surface area contributed by atoms with Crippen LogP contribution in [0.1, 0.15) is 304 Å². The number of likely N-dealkylation sites (tertiary alicyclic amines) is 1. The van der Waals surface area contributed by atoms with E-state index in [-0.39, 0.29) is 77.7 Å². The molecule has 0 radical (unpaired) electrons. The summed E-state index contributed by atoms with van der Waals surface area (Å²) in [6, 6.07) is 25.6. The molecule has 3 amide bonds. The van der Waals surface area contributed by atoms with Crippen molar-refractivity contribution in [3.8, 4) is 40.2 Å². The molecule has 2 fully saturated rings. The van der Waals surface area contributed by atoms with Crippen LogP contribution in [0.25, 0.3) is 5.57 Å². The number of piperidine rings is 1. The van der Waals surface area contributed by atoms with Crippen molar-refractivity contribution in [2.45, 2.75) is 379 Å². The van der Waals surface area contributed by atoms with Crippen LogP contribution in [0.4, 0.5) is 42.8 Å². The standard InChI is InChI=1S/C21H32N2O3.C21H30N2O3.C16H28BNO4.C11H14BrNO.C11H13NO3.C11H15NO.C11H16O2.C11H14O.2CH4S/c2*1-13-12-17(22)19-16(7-6-14(2)25-19)18(13)15-8-10-23(11-9-15)20(24)26-21(3,4)5;1-14(2,3)20-13(19)18-10-8-12(9-11-18)17-21-15(4,5)16(6,7)22-17;1-6-5-9(13)11-8(10(6)12)4-3-7(2)14-11;1-7-5-9-4-3-8(2)15-11(9)10(6-7)12(13)14;1-7-5-9-4-3-8(2)13-11(9)10(12)6-7;1-8-3-6-11(13)10(7-8)5-4-9(2)12;1-8-3-6-11-10(7-8)5-4-9(2)12-11;2*1-2/h12,14-15H,6-11,22H2,1-5H3;8,12,14H,6-7,9-11,22H2,1-5H3;8H,9-11H2,1-7H3;5,7H,3-4,13H2,1-2H3;5-6,8H,3-4H2,1-2H3;5-6,8H,3-4,12H2,1-2H3;3,6-7,9,12-13H,4-5H2,1-2H3;3,6-7,9H,4-5H2,1-2H3;2*2H,1H3. The van der Waals surface area contributed by atoms with Gasteiger partial charge in [0.2, 0.25) is 5.75 Å². The number of amides is 3. The minimum atomic E-state index is -0.471. The molecule has 7 aromatic rings. The van der Waals surface area contributed by atoms with E-state index in [0.29, 0.717) is 62.2 Å². The number of nitro groups is 1. The number of hydrogen-bond donors (Lipinski definition) is 8. The van der Waals surface area contributed by atoms with Gasteiger partial charge >= 0.3 is 31.1 Å². The number of phenolic OH excluding ortho intramolecular Hbond substituents is 1. The average molecular weight is 2110 g/mol. The molecule has 10 aliphatic rings. The van der Waals surface area contributed by atoms with E-state index in [2.05, 4.69) is 141 Å². The van der Waals surface area contributed by atoms with Crippen molar-refractivity contribution in [2.75, 3.05) is 74.7 Å². The zero-order valence-electron chi connectivity index (χ0n) is 92.1. The fourth-order valence-corrected chi connectivity index (χ4v) is 19.3. The van der Waals surface area contributed by atoms with Gasteiger partial charge in [0.1, 0.15) is 51.3 Å². The Morgan fingerprint density at radius 1 is 0.483 bits per heavy atom. The number of aryl methyl sites for hydroxylation is 11. The Balaban J connectivity index is 0.000000205. The van der Waals surface area contributed by atoms with E-state index in [1.165, 1.54) is 72.3 Å². The van der Waals surface area contributed by atoms with Crippen LogP contribution < -0.4 is 51.4 Å². The maximum absolute atomic E-state index is 12.3. The molecular formula is C115H170BBrN8O18S2. The molecule has 0 spiro atoms. The molecule has 2 saturated heterocycles. The van der Waals surface area contributed by atoms with E-state index in [9.17, 15) is 29.6 Å². The first-order chi connectivity index (χ1) is 67.9. The number of carbonyl (C=O) groups excluding carboxylic acids is 3. The summed E-state index contributed by atoms with van der Waals surface area (Å²) in [5, 5.41) is 29.4. The molecule has 30 heteroatoms. The van der Waals surface area contributed by atoms with Crippen LogP contribution in [-0.2, 0) is 68.5 Å². The zero-order valence-corrected chi connectivity index (χ0v) is 95.5. The van der Waals surface area contributed by atoms with Gasteiger partial charge < -0.3 is 99.8 Å². The van der Waals surface area contributed by atoms with E-state index in [1.54, 1.807) is 41.4 Å². The lowest BCUT2D eigenvalue weighted by molar-refractivity contribution is -0.386. The number of benzene rings is 7. The molecule has 0 aromatic heterocycles. The molecule has 0 bridgehead atoms. The monoisotopic (exact) mass is 2110 g/mol. The Morgan fingerprint density at radius 3 is 1.37 bits per heavy atom. The van der Waals surface area contributed by atoms with Gasteiger partial charge in [-0.15, -0.1) is 0 Å². The molecule has 10 N–H and O–H groups in total. The second-order valence-electron chi connectivity index (χ2n) is 43.9. The number of carbonyl (C=O) groups is 3. The Bertz CT molecular complexity index is 5610. The number of thiol groups is 2. The second kappa shape index (κ2) is 53.3. The van der Waals surface area contributed by atoms with E-state index < -0.39 is 16.8 Å². The van der Waals surface area contributed by atoms with Crippen molar-refractivity contribution in [3.63, 3.8) is 0 Å². The second-order valence-corrected chi connectivity index (χ2v) is 44.7. The molecule has 17 rings (SSSR count). The number of aliphatic hydroxyl groups is 1. The molecule has 0 saturated carbocycles. The number of nitrogens with zero attached hydrogens (tertiary/aromatic N) is 4. The number of ether oxygens (including phenoxy) is 9. The van der Waals surface area contributed by atoms with Crippen LogP contribution in [0.5, 0.6) is 40.2 Å². The first-order valence-electron chi connectivity index (χ1n) is 51.6. The van der Waals surface area contributed by atoms with Crippen LogP contribution >= 0.6 is 41.2 Å². The van der Waals surface area contributed by atoms with E-state index >= 15 is 0 Å². The number of nitrogen functional groups attached to an aromatic ring is 4. The summed E-state index contributed by atoms with van der Waals surface area (Å²) in [4.78, 5) is 52.4. The van der Waals surface area contributed by atoms with Gasteiger partial charge in [-0.1, -0.05) is 75.6 Å². The number of anilines is 4. The van der Waals surface area contributed by atoms with Crippen LogP contribution in [-0.4, -0.2) is 178 Å². The van der Waals surface area contributed by atoms with E-state index in [0.717, 1.165) is 206 Å². The van der Waals surface area contributed by atoms with Gasteiger partial charge in [-0.3, -0.25) is 10.1 Å². The molecule has 10 aliphatic heterocycles. The van der Waals surface area contributed by atoms with Crippen LogP contribution in [0.15, 0.2) is 101 Å². The van der Waals surface area contributed by atoms with Gasteiger partial charge in [-0.2, -0.15) is 25.3 Å². The van der Waals surface area contributed by atoms with Gasteiger partial charge in [0, 0.05) is 72.1 Å². The molecule has 10 heterocycles. The number of fused-ring (bicyclic) bond motifs is 6. The third kappa shape index (κ3) is 34.9. The smallest absolute Gasteiger partial charge is 0.490 e. The zero-order chi connectivity index (χ0) is 108. The van der Waals surface area contributed by atoms with Gasteiger partial charge in [0.25, 0.3) is 0 Å². The molecule has 26 nitrogen and oxygen atoms in total. The predicted molar refractivity (Wildman–Crippen MR) is 599 cm³/mol. The van der Waals surface area contributed by atoms with Crippen molar-refractivity contribution in [1.82, 2.24) is 14.7 Å². The predicted octanol–water partition coefficient (Wildman–Crippen LogP) is 25.7. The highest BCUT2D eigenvalue weighted by molar-refractivity contribution is 9.10. The van der Waals surface area contributed by atoms with Crippen molar-refractivity contribution in [3.05, 3.63) is 200 Å². The number of aromatic hydroxyl groups is 1. The van der Waals surface area contributed by atoms with Crippen LogP contribution in [0.3, 0.4) is 0 Å². The maximum Gasteiger partial charge on any atom is 0.490 e. The van der Waals surface area contributed by atoms with Crippen LogP contribution in [0.2, 0.25) is 0 Å². The SMILES string of the molecule is CC(C)(C)OC(=O)N1CC=C(B2OC(C)(C)C(C)(C)O2)CC1.CS.CS.Cc1cc(N)c2c(c1)CCC(C)O2.Cc1cc(N)c2c(c1Br)CCC(C)O2.Cc1cc(N)c2c(c1C1=CCN(C(=O)OC(C)(C)C)CC1)CCC(C)O2.Cc1cc(N)c2c(c1C1CCN(C(=O)OC(C)(C)C)CC1)CCC(C)O2.Cc1cc2c(c([N+](=O)[O-])c1)OC(C)CC2.Cc1ccc(O)c(CCC(C)O)c1.Cc1ccc2c(c1)CCC(C)O2. The Morgan fingerprint density at radius 2 is 0.883 bits per heavy atom. The molecule has 145 heavy (non-hydrogen) atoms. The summed E-state index contributed by atoms with van der Waals surface area (Å²) in [7, 11) is -0.314. The Hall–Kier alpha value is -9.85. The quantitative estimate of drug-likeness (QED) is 0.0183. The lowest BCUT2D eigenvalue weighted by Crippen LogP contribution is -2.41. The molecule has 800 valence electrons. The first kappa shape index (κ1) is 120. The van der Waals surface area contributed by atoms with Gasteiger partial charge in [0.15, 0.2) is 0 Å². The Labute approximate surface area is 885 Å². The summed E-state index contributed by atoms with van der Waals surface area (Å²) in [6.45, 7) is 57.6.